The van der Waals surface area contributed by atoms with Crippen LogP contribution in [0.3, 0.4) is 0 Å². The number of hydrogen-bond acceptors (Lipinski definition) is 6. The second-order valence-corrected chi connectivity index (χ2v) is 3.79. The number of nitrogens with zero attached hydrogens (tertiary/aromatic N) is 2. The number of rotatable bonds is 4. The predicted molar refractivity (Wildman–Crippen MR) is 68.2 cm³/mol. The first-order chi connectivity index (χ1) is 9.58. The fraction of sp³-hybridized carbons (Fsp3) is 0.167. The topological polar surface area (TPSA) is 120 Å². The van der Waals surface area contributed by atoms with E-state index in [1.807, 2.05) is 0 Å². The Morgan fingerprint density at radius 3 is 2.60 bits per heavy atom. The second kappa shape index (κ2) is 5.39. The Balaban J connectivity index is 2.56. The van der Waals surface area contributed by atoms with Crippen LogP contribution in [0.1, 0.15) is 20.8 Å². The largest absolute Gasteiger partial charge is 0.496 e. The van der Waals surface area contributed by atoms with Crippen molar-refractivity contribution in [3.63, 3.8) is 0 Å². The van der Waals surface area contributed by atoms with Crippen LogP contribution in [0.4, 0.5) is 0 Å². The molecule has 0 radical (unpaired) electrons. The highest BCUT2D eigenvalue weighted by atomic mass is 16.5. The summed E-state index contributed by atoms with van der Waals surface area (Å²) in [5.41, 5.74) is 6.15. The first-order valence-electron chi connectivity index (χ1n) is 5.55. The number of aromatic amines is 1. The Bertz CT molecular complexity index is 665. The lowest BCUT2D eigenvalue weighted by Gasteiger charge is -2.08. The molecule has 1 aromatic heterocycles. The van der Waals surface area contributed by atoms with Crippen LogP contribution >= 0.6 is 0 Å². The molecule has 8 heteroatoms. The van der Waals surface area contributed by atoms with E-state index in [0.717, 1.165) is 0 Å². The number of ether oxygens (including phenoxy) is 2. The fourth-order valence-electron chi connectivity index (χ4n) is 1.73. The van der Waals surface area contributed by atoms with E-state index in [2.05, 4.69) is 20.1 Å². The highest BCUT2D eigenvalue weighted by Gasteiger charge is 2.19. The lowest BCUT2D eigenvalue weighted by Crippen LogP contribution is -2.13. The molecule has 3 N–H and O–H groups in total. The molecule has 20 heavy (non-hydrogen) atoms. The summed E-state index contributed by atoms with van der Waals surface area (Å²) in [6.45, 7) is 0. The summed E-state index contributed by atoms with van der Waals surface area (Å²) in [7, 11) is 2.70. The summed E-state index contributed by atoms with van der Waals surface area (Å²) in [6, 6.07) is 4.70. The van der Waals surface area contributed by atoms with E-state index in [9.17, 15) is 9.59 Å². The third-order valence-electron chi connectivity index (χ3n) is 2.66. The van der Waals surface area contributed by atoms with E-state index in [1.54, 1.807) is 12.1 Å². The summed E-state index contributed by atoms with van der Waals surface area (Å²) >= 11 is 0. The van der Waals surface area contributed by atoms with Crippen LogP contribution in [0.5, 0.6) is 5.75 Å². The van der Waals surface area contributed by atoms with Crippen molar-refractivity contribution < 1.29 is 19.1 Å². The minimum absolute atomic E-state index is 0.00835. The maximum absolute atomic E-state index is 11.7. The molecule has 2 rings (SSSR count). The smallest absolute Gasteiger partial charge is 0.341 e. The molecule has 0 atom stereocenters. The molecule has 0 unspecified atom stereocenters. The van der Waals surface area contributed by atoms with E-state index in [0.29, 0.717) is 11.3 Å². The van der Waals surface area contributed by atoms with Crippen LogP contribution in [0, 0.1) is 0 Å². The van der Waals surface area contributed by atoms with Crippen LogP contribution in [-0.2, 0) is 4.74 Å². The zero-order valence-electron chi connectivity index (χ0n) is 10.8. The second-order valence-electron chi connectivity index (χ2n) is 3.79. The van der Waals surface area contributed by atoms with Gasteiger partial charge in [-0.2, -0.15) is 15.4 Å². The number of esters is 1. The molecule has 0 fully saturated rings. The number of hydrogen-bond donors (Lipinski definition) is 2. The van der Waals surface area contributed by atoms with Crippen molar-refractivity contribution in [2.24, 2.45) is 5.73 Å². The van der Waals surface area contributed by atoms with Gasteiger partial charge in [0.2, 0.25) is 0 Å². The van der Waals surface area contributed by atoms with E-state index in [-0.39, 0.29) is 17.0 Å². The predicted octanol–water partition coefficient (Wildman–Crippen LogP) is 0.366. The summed E-state index contributed by atoms with van der Waals surface area (Å²) in [6.07, 6.45) is 0. The molecule has 1 heterocycles. The van der Waals surface area contributed by atoms with Gasteiger partial charge in [-0.05, 0) is 18.2 Å². The average Bonchev–Trinajstić information content (AvgIpc) is 2.95. The molecule has 8 nitrogen and oxygen atoms in total. The Labute approximate surface area is 113 Å². The number of amides is 1. The number of primary amides is 1. The molecular weight excluding hydrogens is 264 g/mol. The number of methoxy groups -OCH3 is 2. The van der Waals surface area contributed by atoms with Gasteiger partial charge in [0.1, 0.15) is 17.0 Å². The Hall–Kier alpha value is -2.90. The van der Waals surface area contributed by atoms with Crippen molar-refractivity contribution in [2.75, 3.05) is 14.2 Å². The molecular formula is C12H12N4O4. The normalized spacial score (nSPS) is 10.1. The van der Waals surface area contributed by atoms with Crippen LogP contribution in [0.25, 0.3) is 11.3 Å². The number of nitrogens with one attached hydrogen (secondary N) is 1. The molecule has 0 spiro atoms. The van der Waals surface area contributed by atoms with Crippen molar-refractivity contribution in [2.45, 2.75) is 0 Å². The molecule has 0 aliphatic carbocycles. The first kappa shape index (κ1) is 13.5. The lowest BCUT2D eigenvalue weighted by atomic mass is 10.1. The Morgan fingerprint density at radius 1 is 1.25 bits per heavy atom. The van der Waals surface area contributed by atoms with Crippen molar-refractivity contribution in [3.05, 3.63) is 29.5 Å². The van der Waals surface area contributed by atoms with E-state index < -0.39 is 11.9 Å². The number of benzene rings is 1. The molecule has 1 aromatic carbocycles. The highest BCUT2D eigenvalue weighted by molar-refractivity contribution is 5.98. The average molecular weight is 276 g/mol. The molecule has 104 valence electrons. The van der Waals surface area contributed by atoms with Gasteiger partial charge in [0.15, 0.2) is 5.69 Å². The van der Waals surface area contributed by atoms with E-state index in [1.165, 1.54) is 20.3 Å². The van der Waals surface area contributed by atoms with Crippen LogP contribution in [0.15, 0.2) is 18.2 Å². The van der Waals surface area contributed by atoms with Gasteiger partial charge < -0.3 is 15.2 Å². The molecule has 0 aliphatic rings. The van der Waals surface area contributed by atoms with Gasteiger partial charge in [0, 0.05) is 5.56 Å². The SMILES string of the molecule is COC(=O)c1cc(-c2n[nH]nc2C(N)=O)ccc1OC. The van der Waals surface area contributed by atoms with E-state index in [4.69, 9.17) is 10.5 Å². The highest BCUT2D eigenvalue weighted by Crippen LogP contribution is 2.27. The van der Waals surface area contributed by atoms with Gasteiger partial charge in [-0.25, -0.2) is 4.79 Å². The number of nitrogens with two attached hydrogens (primary N) is 1. The van der Waals surface area contributed by atoms with Crippen LogP contribution in [-0.4, -0.2) is 41.5 Å². The number of aromatic nitrogens is 3. The zero-order valence-corrected chi connectivity index (χ0v) is 10.8. The minimum Gasteiger partial charge on any atom is -0.496 e. The van der Waals surface area contributed by atoms with Crippen molar-refractivity contribution in [1.29, 1.82) is 0 Å². The number of carbonyl (C=O) groups excluding carboxylic acids is 2. The lowest BCUT2D eigenvalue weighted by molar-refractivity contribution is 0.0597. The minimum atomic E-state index is -0.718. The van der Waals surface area contributed by atoms with Gasteiger partial charge in [0.05, 0.1) is 14.2 Å². The maximum Gasteiger partial charge on any atom is 0.341 e. The van der Waals surface area contributed by atoms with Crippen LogP contribution < -0.4 is 10.5 Å². The van der Waals surface area contributed by atoms with E-state index >= 15 is 0 Å². The Kier molecular flexibility index (Phi) is 3.65. The van der Waals surface area contributed by atoms with Crippen molar-refractivity contribution in [3.8, 4) is 17.0 Å². The van der Waals surface area contributed by atoms with Crippen molar-refractivity contribution in [1.82, 2.24) is 15.4 Å². The monoisotopic (exact) mass is 276 g/mol. The quantitative estimate of drug-likeness (QED) is 0.778. The van der Waals surface area contributed by atoms with Gasteiger partial charge in [-0.15, -0.1) is 0 Å². The summed E-state index contributed by atoms with van der Waals surface area (Å²) < 4.78 is 9.76. The molecule has 2 aromatic rings. The first-order valence-corrected chi connectivity index (χ1v) is 5.55. The molecule has 0 saturated heterocycles. The summed E-state index contributed by atoms with van der Waals surface area (Å²) in [5.74, 6) is -0.929. The van der Waals surface area contributed by atoms with Gasteiger partial charge in [-0.1, -0.05) is 0 Å². The molecule has 0 saturated carbocycles. The molecule has 0 aliphatic heterocycles. The third-order valence-corrected chi connectivity index (χ3v) is 2.66. The Morgan fingerprint density at radius 2 is 2.00 bits per heavy atom. The van der Waals surface area contributed by atoms with Gasteiger partial charge >= 0.3 is 5.97 Å². The summed E-state index contributed by atoms with van der Waals surface area (Å²) in [4.78, 5) is 22.9. The molecule has 0 bridgehead atoms. The summed E-state index contributed by atoms with van der Waals surface area (Å²) in [5, 5.41) is 9.85. The standard InChI is InChI=1S/C12H12N4O4/c1-19-8-4-3-6(5-7(8)12(18)20-2)9-10(11(13)17)15-16-14-9/h3-5H,1-2H3,(H2,13,17)(H,14,15,16). The fourth-order valence-corrected chi connectivity index (χ4v) is 1.73. The molecule has 1 amide bonds. The maximum atomic E-state index is 11.7. The third kappa shape index (κ3) is 2.30. The zero-order chi connectivity index (χ0) is 14.7. The van der Waals surface area contributed by atoms with Crippen molar-refractivity contribution >= 4 is 11.9 Å². The van der Waals surface area contributed by atoms with Gasteiger partial charge in [0.25, 0.3) is 5.91 Å². The van der Waals surface area contributed by atoms with Gasteiger partial charge in [-0.3, -0.25) is 4.79 Å². The van der Waals surface area contributed by atoms with Crippen LogP contribution in [0.2, 0.25) is 0 Å². The number of carbonyl (C=O) groups is 2. The number of H-pyrrole nitrogens is 1.